The molecule has 11 heteroatoms. The summed E-state index contributed by atoms with van der Waals surface area (Å²) in [4.78, 5) is 17.7. The Morgan fingerprint density at radius 1 is 0.972 bits per heavy atom. The molecule has 2 aromatic carbocycles. The highest BCUT2D eigenvalue weighted by atomic mass is 32.2. The van der Waals surface area contributed by atoms with Crippen LogP contribution in [0, 0.1) is 6.92 Å². The molecule has 0 radical (unpaired) electrons. The number of urea groups is 1. The van der Waals surface area contributed by atoms with Crippen LogP contribution in [0.15, 0.2) is 65.7 Å². The van der Waals surface area contributed by atoms with Crippen molar-refractivity contribution in [3.05, 3.63) is 72.1 Å². The summed E-state index contributed by atoms with van der Waals surface area (Å²) in [6.45, 7) is 3.20. The molecular weight excluding hydrogens is 495 g/mol. The summed E-state index contributed by atoms with van der Waals surface area (Å²) in [5, 5.41) is 5.24. The second-order valence-corrected chi connectivity index (χ2v) is 8.59. The number of carbonyl (C=O) groups excluding carboxylic acids is 1. The van der Waals surface area contributed by atoms with Crippen LogP contribution in [0.25, 0.3) is 0 Å². The van der Waals surface area contributed by atoms with Gasteiger partial charge in [0.2, 0.25) is 0 Å². The topological polar surface area (TPSA) is 81.7 Å². The lowest BCUT2D eigenvalue weighted by atomic mass is 10.2. The third kappa shape index (κ3) is 8.97. The van der Waals surface area contributed by atoms with Gasteiger partial charge in [0.25, 0.3) is 0 Å². The SMILES string of the molecule is COCCCOc1ccnc(CSc2ccc(NC(=O)Nc3ccc(OC(F)(F)F)cc3)cc2)c1C. The summed E-state index contributed by atoms with van der Waals surface area (Å²) >= 11 is 1.61. The van der Waals surface area contributed by atoms with E-state index >= 15 is 0 Å². The van der Waals surface area contributed by atoms with Crippen LogP contribution >= 0.6 is 11.8 Å². The minimum atomic E-state index is -4.77. The lowest BCUT2D eigenvalue weighted by molar-refractivity contribution is -0.274. The molecular formula is C25H26F3N3O4S. The monoisotopic (exact) mass is 521 g/mol. The van der Waals surface area contributed by atoms with Crippen LogP contribution in [0.2, 0.25) is 0 Å². The van der Waals surface area contributed by atoms with E-state index in [4.69, 9.17) is 9.47 Å². The number of benzene rings is 2. The molecule has 0 fully saturated rings. The fourth-order valence-corrected chi connectivity index (χ4v) is 3.99. The predicted molar refractivity (Wildman–Crippen MR) is 133 cm³/mol. The fourth-order valence-electron chi connectivity index (χ4n) is 3.07. The van der Waals surface area contributed by atoms with Crippen molar-refractivity contribution in [1.29, 1.82) is 0 Å². The molecule has 1 heterocycles. The number of pyridine rings is 1. The number of methoxy groups -OCH3 is 1. The van der Waals surface area contributed by atoms with E-state index in [1.54, 1.807) is 37.2 Å². The zero-order valence-electron chi connectivity index (χ0n) is 19.7. The van der Waals surface area contributed by atoms with Crippen LogP contribution in [0.1, 0.15) is 17.7 Å². The molecule has 7 nitrogen and oxygen atoms in total. The number of anilines is 2. The molecule has 3 aromatic rings. The number of nitrogens with zero attached hydrogens (tertiary/aromatic N) is 1. The molecule has 2 N–H and O–H groups in total. The normalized spacial score (nSPS) is 11.1. The van der Waals surface area contributed by atoms with Crippen molar-refractivity contribution in [2.75, 3.05) is 31.0 Å². The summed E-state index contributed by atoms with van der Waals surface area (Å²) in [7, 11) is 1.66. The number of amides is 2. The first kappa shape index (κ1) is 27.2. The molecule has 0 aliphatic rings. The third-order valence-electron chi connectivity index (χ3n) is 4.84. The molecule has 2 amide bonds. The molecule has 36 heavy (non-hydrogen) atoms. The molecule has 0 unspecified atom stereocenters. The Hall–Kier alpha value is -3.44. The van der Waals surface area contributed by atoms with E-state index in [0.717, 1.165) is 40.5 Å². The summed E-state index contributed by atoms with van der Waals surface area (Å²) < 4.78 is 51.4. The number of hydrogen-bond acceptors (Lipinski definition) is 6. The van der Waals surface area contributed by atoms with Gasteiger partial charge in [0.1, 0.15) is 11.5 Å². The zero-order valence-corrected chi connectivity index (χ0v) is 20.5. The van der Waals surface area contributed by atoms with Crippen LogP contribution < -0.4 is 20.1 Å². The van der Waals surface area contributed by atoms with Gasteiger partial charge in [-0.05, 0) is 61.5 Å². The van der Waals surface area contributed by atoms with Gasteiger partial charge in [0.05, 0.1) is 12.3 Å². The number of nitrogens with one attached hydrogen (secondary N) is 2. The van der Waals surface area contributed by atoms with Crippen molar-refractivity contribution in [2.24, 2.45) is 0 Å². The molecule has 0 saturated carbocycles. The Balaban J connectivity index is 1.48. The minimum absolute atomic E-state index is 0.321. The van der Waals surface area contributed by atoms with Gasteiger partial charge in [-0.1, -0.05) is 0 Å². The lowest BCUT2D eigenvalue weighted by Gasteiger charge is -2.12. The third-order valence-corrected chi connectivity index (χ3v) is 5.87. The Labute approximate surface area is 211 Å². The molecule has 1 aromatic heterocycles. The quantitative estimate of drug-likeness (QED) is 0.217. The average molecular weight is 522 g/mol. The number of thioether (sulfide) groups is 1. The van der Waals surface area contributed by atoms with Gasteiger partial charge in [-0.3, -0.25) is 4.98 Å². The summed E-state index contributed by atoms with van der Waals surface area (Å²) in [6, 6.07) is 13.5. The van der Waals surface area contributed by atoms with Crippen LogP contribution in [-0.4, -0.2) is 37.7 Å². The number of halogens is 3. The van der Waals surface area contributed by atoms with Gasteiger partial charge in [-0.15, -0.1) is 24.9 Å². The molecule has 3 rings (SSSR count). The van der Waals surface area contributed by atoms with Gasteiger partial charge >= 0.3 is 12.4 Å². The number of hydrogen-bond donors (Lipinski definition) is 2. The molecule has 0 atom stereocenters. The summed E-state index contributed by atoms with van der Waals surface area (Å²) in [6.07, 6.45) is -2.23. The van der Waals surface area contributed by atoms with Gasteiger partial charge in [-0.25, -0.2) is 4.79 Å². The van der Waals surface area contributed by atoms with Gasteiger partial charge in [0.15, 0.2) is 0 Å². The van der Waals surface area contributed by atoms with Crippen LogP contribution in [-0.2, 0) is 10.5 Å². The maximum absolute atomic E-state index is 12.2. The summed E-state index contributed by atoms with van der Waals surface area (Å²) in [5.74, 6) is 1.10. The fraction of sp³-hybridized carbons (Fsp3) is 0.280. The van der Waals surface area contributed by atoms with Crippen LogP contribution in [0.5, 0.6) is 11.5 Å². The maximum Gasteiger partial charge on any atom is 0.573 e. The number of ether oxygens (including phenoxy) is 3. The first-order valence-electron chi connectivity index (χ1n) is 11.0. The van der Waals surface area contributed by atoms with E-state index in [0.29, 0.717) is 30.3 Å². The number of alkyl halides is 3. The average Bonchev–Trinajstić information content (AvgIpc) is 2.83. The van der Waals surface area contributed by atoms with Crippen LogP contribution in [0.4, 0.5) is 29.3 Å². The Morgan fingerprint density at radius 2 is 1.61 bits per heavy atom. The van der Waals surface area contributed by atoms with Crippen molar-refractivity contribution in [3.8, 4) is 11.5 Å². The minimum Gasteiger partial charge on any atom is -0.493 e. The second-order valence-electron chi connectivity index (χ2n) is 7.54. The van der Waals surface area contributed by atoms with Crippen molar-refractivity contribution in [1.82, 2.24) is 4.98 Å². The Kier molecular flexibility index (Phi) is 9.83. The van der Waals surface area contributed by atoms with E-state index in [9.17, 15) is 18.0 Å². The predicted octanol–water partition coefficient (Wildman–Crippen LogP) is 6.64. The standard InChI is InChI=1S/C25H26F3N3O4S/c1-17-22(29-13-12-23(17)34-15-3-14-33-2)16-36-21-10-6-19(7-11-21)31-24(32)30-18-4-8-20(9-5-18)35-25(26,27)28/h4-13H,3,14-16H2,1-2H3,(H2,30,31,32). The first-order valence-corrected chi connectivity index (χ1v) is 11.9. The smallest absolute Gasteiger partial charge is 0.493 e. The van der Waals surface area contributed by atoms with E-state index in [-0.39, 0.29) is 5.75 Å². The molecule has 0 aliphatic carbocycles. The van der Waals surface area contributed by atoms with Gasteiger partial charge in [0, 0.05) is 53.9 Å². The molecule has 0 bridgehead atoms. The van der Waals surface area contributed by atoms with Crippen molar-refractivity contribution in [3.63, 3.8) is 0 Å². The molecule has 0 aliphatic heterocycles. The van der Waals surface area contributed by atoms with E-state index < -0.39 is 12.4 Å². The first-order chi connectivity index (χ1) is 17.2. The molecule has 0 saturated heterocycles. The van der Waals surface area contributed by atoms with E-state index in [2.05, 4.69) is 20.4 Å². The Bertz CT molecular complexity index is 1130. The zero-order chi connectivity index (χ0) is 26.0. The van der Waals surface area contributed by atoms with Gasteiger partial charge < -0.3 is 24.8 Å². The largest absolute Gasteiger partial charge is 0.573 e. The van der Waals surface area contributed by atoms with Crippen molar-refractivity contribution < 1.29 is 32.2 Å². The van der Waals surface area contributed by atoms with E-state index in [1.807, 2.05) is 25.1 Å². The Morgan fingerprint density at radius 3 is 2.22 bits per heavy atom. The maximum atomic E-state index is 12.2. The highest BCUT2D eigenvalue weighted by molar-refractivity contribution is 7.98. The number of rotatable bonds is 11. The highest BCUT2D eigenvalue weighted by Crippen LogP contribution is 2.28. The molecule has 192 valence electrons. The van der Waals surface area contributed by atoms with Gasteiger partial charge in [-0.2, -0.15) is 0 Å². The molecule has 0 spiro atoms. The lowest BCUT2D eigenvalue weighted by Crippen LogP contribution is -2.19. The van der Waals surface area contributed by atoms with E-state index in [1.165, 1.54) is 12.1 Å². The second kappa shape index (κ2) is 13.0. The highest BCUT2D eigenvalue weighted by Gasteiger charge is 2.30. The number of aromatic nitrogens is 1. The van der Waals surface area contributed by atoms with Crippen molar-refractivity contribution in [2.45, 2.75) is 30.4 Å². The van der Waals surface area contributed by atoms with Crippen LogP contribution in [0.3, 0.4) is 0 Å². The summed E-state index contributed by atoms with van der Waals surface area (Å²) in [5.41, 5.74) is 2.81. The number of carbonyl (C=O) groups is 1. The van der Waals surface area contributed by atoms with Crippen molar-refractivity contribution >= 4 is 29.2 Å².